The quantitative estimate of drug-likeness (QED) is 0.103. The van der Waals surface area contributed by atoms with Gasteiger partial charge in [0.2, 0.25) is 0 Å². The maximum absolute atomic E-state index is 6.07. The molecule has 8 N–H and O–H groups in total. The second kappa shape index (κ2) is 16.2. The van der Waals surface area contributed by atoms with Crippen LogP contribution in [0.5, 0.6) is 5.75 Å². The van der Waals surface area contributed by atoms with Gasteiger partial charge in [0.05, 0.1) is 17.1 Å². The zero-order chi connectivity index (χ0) is 31.2. The topological polar surface area (TPSA) is 120 Å². The fraction of sp³-hybridized carbons (Fsp3) is 0.167. The van der Waals surface area contributed by atoms with Crippen molar-refractivity contribution in [1.29, 1.82) is 0 Å². The third-order valence-electron chi connectivity index (χ3n) is 6.55. The van der Waals surface area contributed by atoms with Gasteiger partial charge in [-0.2, -0.15) is 0 Å². The van der Waals surface area contributed by atoms with Gasteiger partial charge in [0.25, 0.3) is 0 Å². The number of benzene rings is 4. The third kappa shape index (κ3) is 9.93. The lowest BCUT2D eigenvalue weighted by molar-refractivity contribution is 0.364. The number of nitrogens with zero attached hydrogens (tertiary/aromatic N) is 2. The molecule has 0 radical (unpaired) electrons. The van der Waals surface area contributed by atoms with Crippen molar-refractivity contribution < 1.29 is 4.74 Å². The summed E-state index contributed by atoms with van der Waals surface area (Å²) in [7, 11) is 0. The lowest BCUT2D eigenvalue weighted by atomic mass is 10.1. The smallest absolute Gasteiger partial charge is 0.142 e. The van der Waals surface area contributed by atoms with E-state index in [4.69, 9.17) is 27.7 Å². The van der Waals surface area contributed by atoms with Crippen molar-refractivity contribution in [2.24, 2.45) is 0 Å². The first-order chi connectivity index (χ1) is 20.7. The number of ether oxygens (including phenoxy) is 1. The van der Waals surface area contributed by atoms with Crippen LogP contribution in [-0.4, -0.2) is 26.2 Å². The molecular formula is C36H44N6O. The first-order valence-corrected chi connectivity index (χ1v) is 14.2. The van der Waals surface area contributed by atoms with Gasteiger partial charge in [0, 0.05) is 42.4 Å². The van der Waals surface area contributed by atoms with Crippen molar-refractivity contribution in [3.63, 3.8) is 0 Å². The zero-order valence-corrected chi connectivity index (χ0v) is 25.2. The molecule has 0 aliphatic carbocycles. The number of nitrogens with two attached hydrogens (primary N) is 4. The largest absolute Gasteiger partial charge is 0.487 e. The molecule has 7 nitrogen and oxygen atoms in total. The number of rotatable bonds is 12. The molecule has 0 atom stereocenters. The highest BCUT2D eigenvalue weighted by molar-refractivity contribution is 5.78. The van der Waals surface area contributed by atoms with Crippen molar-refractivity contribution in [2.45, 2.75) is 13.8 Å². The molecule has 0 bridgehead atoms. The highest BCUT2D eigenvalue weighted by Gasteiger charge is 2.11. The van der Waals surface area contributed by atoms with E-state index in [1.807, 2.05) is 36.4 Å². The number of aryl methyl sites for hydroxylation is 2. The number of hydrogen-bond donors (Lipinski definition) is 4. The van der Waals surface area contributed by atoms with Crippen LogP contribution in [0.4, 0.5) is 39.8 Å². The summed E-state index contributed by atoms with van der Waals surface area (Å²) in [6.07, 6.45) is 7.83. The van der Waals surface area contributed by atoms with Gasteiger partial charge in [0.1, 0.15) is 12.4 Å². The fourth-order valence-electron chi connectivity index (χ4n) is 4.46. The van der Waals surface area contributed by atoms with E-state index >= 15 is 0 Å². The van der Waals surface area contributed by atoms with E-state index < -0.39 is 0 Å². The Bertz CT molecular complexity index is 1530. The first kappa shape index (κ1) is 32.2. The predicted octanol–water partition coefficient (Wildman–Crippen LogP) is 7.27. The van der Waals surface area contributed by atoms with Crippen molar-refractivity contribution in [3.05, 3.63) is 134 Å². The summed E-state index contributed by atoms with van der Waals surface area (Å²) in [6, 6.07) is 27.6. The summed E-state index contributed by atoms with van der Waals surface area (Å²) >= 11 is 0. The molecule has 0 fully saturated rings. The monoisotopic (exact) mass is 576 g/mol. The molecule has 7 heteroatoms. The van der Waals surface area contributed by atoms with Gasteiger partial charge in [-0.25, -0.2) is 0 Å². The third-order valence-corrected chi connectivity index (χ3v) is 6.55. The minimum Gasteiger partial charge on any atom is -0.487 e. The lowest BCUT2D eigenvalue weighted by Crippen LogP contribution is -2.23. The summed E-state index contributed by atoms with van der Waals surface area (Å²) < 4.78 is 5.65. The maximum Gasteiger partial charge on any atom is 0.142 e. The number of nitrogen functional groups attached to an aromatic ring is 4. The van der Waals surface area contributed by atoms with Crippen LogP contribution in [0.3, 0.4) is 0 Å². The van der Waals surface area contributed by atoms with Gasteiger partial charge in [-0.15, -0.1) is 13.2 Å². The zero-order valence-electron chi connectivity index (χ0n) is 25.2. The van der Waals surface area contributed by atoms with E-state index in [1.165, 1.54) is 16.8 Å². The molecule has 0 heterocycles. The molecule has 4 rings (SSSR count). The standard InChI is InChI=1S/C20H25N3O.C16H19N3/c1-3-11-23(18-8-6-7-16(2)14-18)12-4-5-13-24-20-10-9-17(21)15-19(20)22;1-3-9-19(14-6-4-5-12(2)10-14)16-8-7-13(17)11-15(16)18/h3-10,14-15H,1,11-13,21-22H2,2H3;3-8,10-11H,1,9,17-18H2,2H3/b5-4+;. The fourth-order valence-corrected chi connectivity index (χ4v) is 4.46. The molecule has 4 aromatic rings. The summed E-state index contributed by atoms with van der Waals surface area (Å²) in [5, 5.41) is 0. The molecule has 0 unspecified atom stereocenters. The van der Waals surface area contributed by atoms with Crippen molar-refractivity contribution in [3.8, 4) is 5.75 Å². The van der Waals surface area contributed by atoms with Crippen molar-refractivity contribution >= 4 is 39.8 Å². The molecule has 0 amide bonds. The Hall–Kier alpha value is -5.30. The summed E-state index contributed by atoms with van der Waals surface area (Å²) in [5.41, 5.74) is 31.6. The van der Waals surface area contributed by atoms with Crippen LogP contribution in [0.1, 0.15) is 11.1 Å². The molecule has 0 aromatic heterocycles. The molecule has 0 aliphatic heterocycles. The Labute approximate surface area is 256 Å². The van der Waals surface area contributed by atoms with Crippen molar-refractivity contribution in [1.82, 2.24) is 0 Å². The summed E-state index contributed by atoms with van der Waals surface area (Å²) in [6.45, 7) is 14.5. The highest BCUT2D eigenvalue weighted by Crippen LogP contribution is 2.32. The van der Waals surface area contributed by atoms with Crippen LogP contribution < -0.4 is 37.5 Å². The van der Waals surface area contributed by atoms with E-state index in [1.54, 1.807) is 24.3 Å². The molecule has 0 saturated heterocycles. The van der Waals surface area contributed by atoms with Crippen LogP contribution >= 0.6 is 0 Å². The maximum atomic E-state index is 6.07. The molecule has 224 valence electrons. The number of hydrogen-bond acceptors (Lipinski definition) is 7. The SMILES string of the molecule is C=CCN(C/C=C/COc1ccc(N)cc1N)c1cccc(C)c1.C=CCN(c1cccc(C)c1)c1ccc(N)cc1N. The van der Waals surface area contributed by atoms with Crippen molar-refractivity contribution in [2.75, 3.05) is 59.0 Å². The summed E-state index contributed by atoms with van der Waals surface area (Å²) in [5.74, 6) is 0.649. The van der Waals surface area contributed by atoms with E-state index in [2.05, 4.69) is 85.3 Å². The van der Waals surface area contributed by atoms with E-state index in [9.17, 15) is 0 Å². The molecule has 43 heavy (non-hydrogen) atoms. The van der Waals surface area contributed by atoms with Gasteiger partial charge < -0.3 is 37.5 Å². The average molecular weight is 577 g/mol. The van der Waals surface area contributed by atoms with Crippen LogP contribution in [0.25, 0.3) is 0 Å². The Morgan fingerprint density at radius 2 is 1.26 bits per heavy atom. The summed E-state index contributed by atoms with van der Waals surface area (Å²) in [4.78, 5) is 4.36. The van der Waals surface area contributed by atoms with E-state index in [0.717, 1.165) is 24.5 Å². The van der Waals surface area contributed by atoms with Gasteiger partial charge in [-0.3, -0.25) is 0 Å². The average Bonchev–Trinajstić information content (AvgIpc) is 2.97. The normalized spacial score (nSPS) is 10.5. The Balaban J connectivity index is 0.000000242. The molecule has 0 spiro atoms. The van der Waals surface area contributed by atoms with Gasteiger partial charge in [-0.05, 0) is 91.7 Å². The van der Waals surface area contributed by atoms with Crippen LogP contribution in [0.2, 0.25) is 0 Å². The van der Waals surface area contributed by atoms with Gasteiger partial charge in [0.15, 0.2) is 0 Å². The molecule has 0 saturated carbocycles. The minimum atomic E-state index is 0.462. The Morgan fingerprint density at radius 1 is 0.651 bits per heavy atom. The van der Waals surface area contributed by atoms with Gasteiger partial charge >= 0.3 is 0 Å². The van der Waals surface area contributed by atoms with Crippen LogP contribution in [0.15, 0.2) is 122 Å². The second-order valence-electron chi connectivity index (χ2n) is 10.2. The molecular weight excluding hydrogens is 532 g/mol. The van der Waals surface area contributed by atoms with E-state index in [0.29, 0.717) is 41.7 Å². The molecule has 0 aliphatic rings. The highest BCUT2D eigenvalue weighted by atomic mass is 16.5. The van der Waals surface area contributed by atoms with Crippen LogP contribution in [0, 0.1) is 13.8 Å². The van der Waals surface area contributed by atoms with Gasteiger partial charge in [-0.1, -0.05) is 42.5 Å². The number of anilines is 7. The predicted molar refractivity (Wildman–Crippen MR) is 187 cm³/mol. The Morgan fingerprint density at radius 3 is 1.86 bits per heavy atom. The van der Waals surface area contributed by atoms with E-state index in [-0.39, 0.29) is 0 Å². The lowest BCUT2D eigenvalue weighted by Gasteiger charge is -2.25. The minimum absolute atomic E-state index is 0.462. The molecule has 4 aromatic carbocycles. The van der Waals surface area contributed by atoms with Crippen LogP contribution in [-0.2, 0) is 0 Å². The Kier molecular flexibility index (Phi) is 12.2. The second-order valence-corrected chi connectivity index (χ2v) is 10.2. The first-order valence-electron chi connectivity index (χ1n) is 14.2.